The van der Waals surface area contributed by atoms with Gasteiger partial charge in [-0.15, -0.1) is 10.2 Å². The molecule has 2 aromatic heterocycles. The maximum absolute atomic E-state index is 12.9. The lowest BCUT2D eigenvalue weighted by Crippen LogP contribution is -2.49. The first kappa shape index (κ1) is 16.2. The van der Waals surface area contributed by atoms with E-state index >= 15 is 0 Å². The summed E-state index contributed by atoms with van der Waals surface area (Å²) >= 11 is 0. The molecule has 27 heavy (non-hydrogen) atoms. The fraction of sp³-hybridized carbons (Fsp3) is 0.400. The molecule has 3 aromatic rings. The van der Waals surface area contributed by atoms with Crippen LogP contribution in [-0.4, -0.2) is 56.6 Å². The molecule has 1 fully saturated rings. The summed E-state index contributed by atoms with van der Waals surface area (Å²) in [5, 5.41) is 7.94. The van der Waals surface area contributed by atoms with Crippen molar-refractivity contribution in [2.75, 3.05) is 31.1 Å². The van der Waals surface area contributed by atoms with Crippen LogP contribution in [0.5, 0.6) is 0 Å². The Bertz CT molecular complexity index is 975. The van der Waals surface area contributed by atoms with Crippen LogP contribution in [0.4, 0.5) is 5.82 Å². The average Bonchev–Trinajstić information content (AvgIpc) is 3.35. The largest absolute Gasteiger partial charge is 0.354 e. The number of carbonyl (C=O) groups is 1. The minimum absolute atomic E-state index is 0.278. The highest BCUT2D eigenvalue weighted by atomic mass is 16.2. The molecule has 2 aliphatic rings. The summed E-state index contributed by atoms with van der Waals surface area (Å²) in [6, 6.07) is 10.5. The molecule has 1 aliphatic heterocycles. The van der Waals surface area contributed by atoms with Crippen molar-refractivity contribution >= 4 is 17.5 Å². The number of rotatable bonds is 3. The van der Waals surface area contributed by atoms with Gasteiger partial charge >= 0.3 is 0 Å². The monoisotopic (exact) mass is 362 g/mol. The topological polar surface area (TPSA) is 66.6 Å². The molecule has 0 N–H and O–H groups in total. The molecule has 7 nitrogen and oxygen atoms in total. The van der Waals surface area contributed by atoms with Gasteiger partial charge in [0.25, 0.3) is 5.78 Å². The predicted octanol–water partition coefficient (Wildman–Crippen LogP) is 1.89. The van der Waals surface area contributed by atoms with Gasteiger partial charge < -0.3 is 9.80 Å². The highest BCUT2D eigenvalue weighted by Gasteiger charge is 2.28. The van der Waals surface area contributed by atoms with Crippen molar-refractivity contribution in [2.45, 2.75) is 25.2 Å². The van der Waals surface area contributed by atoms with Crippen LogP contribution in [-0.2, 0) is 11.2 Å². The molecule has 0 radical (unpaired) electrons. The lowest BCUT2D eigenvalue weighted by Gasteiger charge is -2.36. The van der Waals surface area contributed by atoms with E-state index in [0.717, 1.165) is 44.8 Å². The van der Waals surface area contributed by atoms with Crippen molar-refractivity contribution in [3.8, 4) is 0 Å². The Morgan fingerprint density at radius 3 is 2.85 bits per heavy atom. The van der Waals surface area contributed by atoms with Crippen molar-refractivity contribution < 1.29 is 4.79 Å². The molecule has 1 aliphatic carbocycles. The number of aromatic nitrogens is 4. The van der Waals surface area contributed by atoms with E-state index in [0.29, 0.717) is 18.1 Å². The van der Waals surface area contributed by atoms with Gasteiger partial charge in [0.15, 0.2) is 0 Å². The summed E-state index contributed by atoms with van der Waals surface area (Å²) in [7, 11) is 0. The van der Waals surface area contributed by atoms with Gasteiger partial charge in [-0.05, 0) is 36.0 Å². The van der Waals surface area contributed by atoms with Crippen LogP contribution in [0.2, 0.25) is 0 Å². The van der Waals surface area contributed by atoms with Crippen molar-refractivity contribution in [3.63, 3.8) is 0 Å². The standard InChI is InChI=1S/C20H22N6O/c27-19(13-16-6-5-15-3-1-2-4-17(15)16)25-11-9-24(10-12-25)18-7-8-21-20-23-22-14-26(18)20/h1-4,7-8,14,16H,5-6,9-13H2. The Morgan fingerprint density at radius 2 is 1.96 bits per heavy atom. The van der Waals surface area contributed by atoms with Crippen molar-refractivity contribution in [2.24, 2.45) is 0 Å². The molecule has 1 amide bonds. The van der Waals surface area contributed by atoms with E-state index in [4.69, 9.17) is 0 Å². The SMILES string of the molecule is O=C(CC1CCc2ccccc21)N1CCN(c2ccnc3nncn23)CC1. The predicted molar refractivity (Wildman–Crippen MR) is 102 cm³/mol. The Kier molecular flexibility index (Phi) is 3.99. The number of aryl methyl sites for hydroxylation is 1. The van der Waals surface area contributed by atoms with E-state index in [9.17, 15) is 4.79 Å². The smallest absolute Gasteiger partial charge is 0.256 e. The first-order chi connectivity index (χ1) is 13.3. The van der Waals surface area contributed by atoms with Crippen LogP contribution in [0, 0.1) is 0 Å². The molecule has 138 valence electrons. The lowest BCUT2D eigenvalue weighted by atomic mass is 9.97. The maximum atomic E-state index is 12.9. The number of nitrogens with zero attached hydrogens (tertiary/aromatic N) is 6. The first-order valence-corrected chi connectivity index (χ1v) is 9.55. The van der Waals surface area contributed by atoms with Gasteiger partial charge in [0.1, 0.15) is 12.1 Å². The third kappa shape index (κ3) is 2.93. The quantitative estimate of drug-likeness (QED) is 0.712. The number of piperazine rings is 1. The third-order valence-corrected chi connectivity index (χ3v) is 5.82. The molecule has 0 saturated carbocycles. The minimum atomic E-state index is 0.278. The number of hydrogen-bond donors (Lipinski definition) is 0. The molecule has 1 saturated heterocycles. The van der Waals surface area contributed by atoms with Crippen LogP contribution in [0.25, 0.3) is 5.78 Å². The van der Waals surface area contributed by atoms with Crippen LogP contribution >= 0.6 is 0 Å². The third-order valence-electron chi connectivity index (χ3n) is 5.82. The molecular formula is C20H22N6O. The van der Waals surface area contributed by atoms with Crippen LogP contribution in [0.3, 0.4) is 0 Å². The fourth-order valence-electron chi connectivity index (χ4n) is 4.37. The molecule has 7 heteroatoms. The number of carbonyl (C=O) groups excluding carboxylic acids is 1. The normalized spacial score (nSPS) is 19.5. The summed E-state index contributed by atoms with van der Waals surface area (Å²) in [4.78, 5) is 21.4. The molecule has 1 atom stereocenters. The summed E-state index contributed by atoms with van der Waals surface area (Å²) in [6.45, 7) is 3.12. The minimum Gasteiger partial charge on any atom is -0.354 e. The second kappa shape index (κ2) is 6.64. The van der Waals surface area contributed by atoms with Crippen molar-refractivity contribution in [1.82, 2.24) is 24.5 Å². The molecule has 3 heterocycles. The second-order valence-corrected chi connectivity index (χ2v) is 7.31. The van der Waals surface area contributed by atoms with E-state index < -0.39 is 0 Å². The molecule has 5 rings (SSSR count). The zero-order chi connectivity index (χ0) is 18.2. The average molecular weight is 362 g/mol. The van der Waals surface area contributed by atoms with Crippen molar-refractivity contribution in [1.29, 1.82) is 0 Å². The summed E-state index contributed by atoms with van der Waals surface area (Å²) in [5.41, 5.74) is 2.78. The van der Waals surface area contributed by atoms with E-state index in [1.807, 2.05) is 15.4 Å². The number of anilines is 1. The van der Waals surface area contributed by atoms with Gasteiger partial charge in [0.05, 0.1) is 0 Å². The van der Waals surface area contributed by atoms with Gasteiger partial charge in [-0.3, -0.25) is 9.20 Å². The highest BCUT2D eigenvalue weighted by Crippen LogP contribution is 2.35. The number of benzene rings is 1. The number of amides is 1. The van der Waals surface area contributed by atoms with E-state index in [-0.39, 0.29) is 5.91 Å². The molecule has 1 aromatic carbocycles. The van der Waals surface area contributed by atoms with Gasteiger partial charge in [-0.1, -0.05) is 24.3 Å². The molecule has 0 spiro atoms. The number of fused-ring (bicyclic) bond motifs is 2. The summed E-state index contributed by atoms with van der Waals surface area (Å²) < 4.78 is 1.90. The summed E-state index contributed by atoms with van der Waals surface area (Å²) in [6.07, 6.45) is 6.26. The van der Waals surface area contributed by atoms with E-state index in [2.05, 4.69) is 44.3 Å². The Labute approximate surface area is 157 Å². The van der Waals surface area contributed by atoms with Crippen LogP contribution < -0.4 is 4.90 Å². The molecule has 0 bridgehead atoms. The number of hydrogen-bond acceptors (Lipinski definition) is 5. The second-order valence-electron chi connectivity index (χ2n) is 7.31. The maximum Gasteiger partial charge on any atom is 0.256 e. The van der Waals surface area contributed by atoms with Gasteiger partial charge in [-0.2, -0.15) is 0 Å². The van der Waals surface area contributed by atoms with Crippen LogP contribution in [0.1, 0.15) is 29.9 Å². The van der Waals surface area contributed by atoms with E-state index in [1.54, 1.807) is 12.5 Å². The van der Waals surface area contributed by atoms with Crippen molar-refractivity contribution in [3.05, 3.63) is 54.0 Å². The van der Waals surface area contributed by atoms with Gasteiger partial charge in [0, 0.05) is 38.8 Å². The van der Waals surface area contributed by atoms with Gasteiger partial charge in [-0.25, -0.2) is 4.98 Å². The molecular weight excluding hydrogens is 340 g/mol. The van der Waals surface area contributed by atoms with Gasteiger partial charge in [0.2, 0.25) is 5.91 Å². The molecule has 1 unspecified atom stereocenters. The Morgan fingerprint density at radius 1 is 1.11 bits per heavy atom. The zero-order valence-electron chi connectivity index (χ0n) is 15.2. The highest BCUT2D eigenvalue weighted by molar-refractivity contribution is 5.77. The first-order valence-electron chi connectivity index (χ1n) is 9.55. The van der Waals surface area contributed by atoms with Crippen LogP contribution in [0.15, 0.2) is 42.9 Å². The zero-order valence-corrected chi connectivity index (χ0v) is 15.2. The van der Waals surface area contributed by atoms with E-state index in [1.165, 1.54) is 11.1 Å². The fourth-order valence-corrected chi connectivity index (χ4v) is 4.37. The summed E-state index contributed by atoms with van der Waals surface area (Å²) in [5.74, 6) is 2.29. The Balaban J connectivity index is 1.23. The Hall–Kier alpha value is -2.96. The lowest BCUT2D eigenvalue weighted by molar-refractivity contribution is -0.131.